The molecular formula is C27H55N2O4P. The lowest BCUT2D eigenvalue weighted by molar-refractivity contribution is -0.0534. The van der Waals surface area contributed by atoms with Crippen LogP contribution in [0.5, 0.6) is 0 Å². The maximum Gasteiger partial charge on any atom is 0.478 e. The van der Waals surface area contributed by atoms with Gasteiger partial charge < -0.3 is 9.80 Å². The zero-order valence-corrected chi connectivity index (χ0v) is 23.7. The third-order valence-corrected chi connectivity index (χ3v) is 7.73. The van der Waals surface area contributed by atoms with Gasteiger partial charge in [0.2, 0.25) is 6.35 Å². The van der Waals surface area contributed by atoms with Crippen LogP contribution in [0.3, 0.4) is 0 Å². The SMILES string of the molecule is CCCCCCCCCCCCCCCCN1C=CN(CC)C1OP(=O)(OCCC)OCCC. The van der Waals surface area contributed by atoms with Crippen molar-refractivity contribution in [2.24, 2.45) is 0 Å². The van der Waals surface area contributed by atoms with Crippen molar-refractivity contribution in [3.8, 4) is 0 Å². The van der Waals surface area contributed by atoms with Gasteiger partial charge in [0.05, 0.1) is 13.2 Å². The molecule has 0 bridgehead atoms. The third kappa shape index (κ3) is 14.1. The molecule has 0 radical (unpaired) electrons. The Morgan fingerprint density at radius 3 is 1.50 bits per heavy atom. The Morgan fingerprint density at radius 1 is 0.618 bits per heavy atom. The van der Waals surface area contributed by atoms with Crippen LogP contribution in [0.1, 0.15) is 130 Å². The molecule has 0 aromatic heterocycles. The summed E-state index contributed by atoms with van der Waals surface area (Å²) in [6.45, 7) is 10.7. The molecule has 0 fully saturated rings. The van der Waals surface area contributed by atoms with E-state index in [0.29, 0.717) is 13.2 Å². The molecule has 7 heteroatoms. The van der Waals surface area contributed by atoms with Gasteiger partial charge in [0, 0.05) is 25.5 Å². The van der Waals surface area contributed by atoms with Gasteiger partial charge in [-0.05, 0) is 26.2 Å². The van der Waals surface area contributed by atoms with E-state index in [0.717, 1.165) is 32.4 Å². The van der Waals surface area contributed by atoms with Gasteiger partial charge in [-0.15, -0.1) is 0 Å². The molecule has 1 heterocycles. The largest absolute Gasteiger partial charge is 0.478 e. The summed E-state index contributed by atoms with van der Waals surface area (Å²) in [5.74, 6) is 0. The number of hydrogen-bond donors (Lipinski definition) is 0. The molecule has 1 unspecified atom stereocenters. The third-order valence-electron chi connectivity index (χ3n) is 6.28. The standard InChI is InChI=1S/C27H55N2O4P/c1-5-9-10-11-12-13-14-15-16-17-18-19-20-21-22-29-24-23-28(8-4)27(29)33-34(30,31-25-6-2)32-26-7-3/h23-24,27H,5-22,25-26H2,1-4H3. The molecule has 1 atom stereocenters. The average Bonchev–Trinajstić information content (AvgIpc) is 3.22. The molecule has 1 aliphatic heterocycles. The van der Waals surface area contributed by atoms with E-state index in [-0.39, 0.29) is 0 Å². The van der Waals surface area contributed by atoms with E-state index in [1.54, 1.807) is 0 Å². The van der Waals surface area contributed by atoms with Crippen LogP contribution < -0.4 is 0 Å². The van der Waals surface area contributed by atoms with Gasteiger partial charge in [-0.3, -0.25) is 9.05 Å². The number of phosphoric acid groups is 1. The predicted molar refractivity (Wildman–Crippen MR) is 144 cm³/mol. The molecule has 1 rings (SSSR count). The molecule has 0 saturated heterocycles. The number of hydrogen-bond acceptors (Lipinski definition) is 6. The maximum absolute atomic E-state index is 13.1. The van der Waals surface area contributed by atoms with Crippen molar-refractivity contribution >= 4 is 7.82 Å². The Balaban J connectivity index is 2.22. The molecule has 0 amide bonds. The van der Waals surface area contributed by atoms with Crippen molar-refractivity contribution in [1.82, 2.24) is 9.80 Å². The van der Waals surface area contributed by atoms with E-state index in [1.165, 1.54) is 83.5 Å². The zero-order valence-electron chi connectivity index (χ0n) is 22.8. The van der Waals surface area contributed by atoms with Crippen LogP contribution in [0.25, 0.3) is 0 Å². The molecule has 202 valence electrons. The van der Waals surface area contributed by atoms with Gasteiger partial charge in [-0.25, -0.2) is 9.09 Å². The normalized spacial score (nSPS) is 16.2. The second kappa shape index (κ2) is 20.6. The number of rotatable bonds is 24. The minimum absolute atomic E-state index is 0.367. The first-order valence-electron chi connectivity index (χ1n) is 14.4. The van der Waals surface area contributed by atoms with Gasteiger partial charge in [0.25, 0.3) is 0 Å². The highest BCUT2D eigenvalue weighted by Gasteiger charge is 2.36. The second-order valence-corrected chi connectivity index (χ2v) is 11.1. The van der Waals surface area contributed by atoms with E-state index in [1.807, 2.05) is 31.1 Å². The molecule has 1 aliphatic rings. The van der Waals surface area contributed by atoms with E-state index >= 15 is 0 Å². The summed E-state index contributed by atoms with van der Waals surface area (Å²) in [5.41, 5.74) is 0. The highest BCUT2D eigenvalue weighted by atomic mass is 31.2. The maximum atomic E-state index is 13.1. The van der Waals surface area contributed by atoms with Gasteiger partial charge in [-0.1, -0.05) is 104 Å². The Hall–Kier alpha value is -0.550. The van der Waals surface area contributed by atoms with Crippen LogP contribution in [-0.4, -0.2) is 42.5 Å². The minimum Gasteiger partial charge on any atom is -0.334 e. The first kappa shape index (κ1) is 31.5. The summed E-state index contributed by atoms with van der Waals surface area (Å²) in [6, 6.07) is 0. The van der Waals surface area contributed by atoms with Crippen LogP contribution in [0.15, 0.2) is 12.4 Å². The monoisotopic (exact) mass is 502 g/mol. The molecule has 0 aromatic carbocycles. The first-order chi connectivity index (χ1) is 16.6. The van der Waals surface area contributed by atoms with E-state index in [9.17, 15) is 4.57 Å². The van der Waals surface area contributed by atoms with Crippen molar-refractivity contribution in [2.75, 3.05) is 26.3 Å². The quantitative estimate of drug-likeness (QED) is 0.0970. The summed E-state index contributed by atoms with van der Waals surface area (Å²) in [7, 11) is -3.59. The van der Waals surface area contributed by atoms with Crippen molar-refractivity contribution in [3.05, 3.63) is 12.4 Å². The number of phosphoric ester groups is 1. The molecule has 0 spiro atoms. The van der Waals surface area contributed by atoms with E-state index in [4.69, 9.17) is 13.6 Å². The van der Waals surface area contributed by atoms with Crippen LogP contribution >= 0.6 is 7.82 Å². The topological polar surface area (TPSA) is 51.2 Å². The second-order valence-electron chi connectivity index (χ2n) is 9.51. The molecule has 0 N–H and O–H groups in total. The Kier molecular flexibility index (Phi) is 19.1. The molecule has 34 heavy (non-hydrogen) atoms. The molecule has 6 nitrogen and oxygen atoms in total. The summed E-state index contributed by atoms with van der Waals surface area (Å²) < 4.78 is 30.2. The lowest BCUT2D eigenvalue weighted by atomic mass is 10.0. The van der Waals surface area contributed by atoms with Crippen molar-refractivity contribution in [1.29, 1.82) is 0 Å². The van der Waals surface area contributed by atoms with Crippen LogP contribution in [-0.2, 0) is 18.1 Å². The van der Waals surface area contributed by atoms with Crippen LogP contribution in [0, 0.1) is 0 Å². The summed E-state index contributed by atoms with van der Waals surface area (Å²) in [4.78, 5) is 4.17. The fraction of sp³-hybridized carbons (Fsp3) is 0.926. The fourth-order valence-electron chi connectivity index (χ4n) is 4.19. The predicted octanol–water partition coefficient (Wildman–Crippen LogP) is 8.84. The lowest BCUT2D eigenvalue weighted by Gasteiger charge is -2.33. The molecular weight excluding hydrogens is 447 g/mol. The highest BCUT2D eigenvalue weighted by molar-refractivity contribution is 7.48. The van der Waals surface area contributed by atoms with Gasteiger partial charge in [0.15, 0.2) is 0 Å². The minimum atomic E-state index is -3.59. The highest BCUT2D eigenvalue weighted by Crippen LogP contribution is 2.52. The fourth-order valence-corrected chi connectivity index (χ4v) is 5.67. The van der Waals surface area contributed by atoms with Gasteiger partial charge in [0.1, 0.15) is 0 Å². The smallest absolute Gasteiger partial charge is 0.334 e. The molecule has 0 saturated carbocycles. The average molecular weight is 503 g/mol. The summed E-state index contributed by atoms with van der Waals surface area (Å²) >= 11 is 0. The van der Waals surface area contributed by atoms with Crippen molar-refractivity contribution in [3.63, 3.8) is 0 Å². The lowest BCUT2D eigenvalue weighted by Crippen LogP contribution is -2.40. The Bertz CT molecular complexity index is 535. The van der Waals surface area contributed by atoms with Crippen LogP contribution in [0.4, 0.5) is 0 Å². The molecule has 0 aliphatic carbocycles. The first-order valence-corrected chi connectivity index (χ1v) is 15.8. The molecule has 0 aromatic rings. The Labute approximate surface area is 211 Å². The van der Waals surface area contributed by atoms with E-state index < -0.39 is 14.2 Å². The Morgan fingerprint density at radius 2 is 1.06 bits per heavy atom. The zero-order chi connectivity index (χ0) is 24.9. The summed E-state index contributed by atoms with van der Waals surface area (Å²) in [5, 5.41) is 0. The summed E-state index contributed by atoms with van der Waals surface area (Å²) in [6.07, 6.45) is 24.1. The number of nitrogens with zero attached hydrogens (tertiary/aromatic N) is 2. The van der Waals surface area contributed by atoms with E-state index in [2.05, 4.69) is 18.7 Å². The van der Waals surface area contributed by atoms with Crippen molar-refractivity contribution in [2.45, 2.75) is 137 Å². The van der Waals surface area contributed by atoms with Gasteiger partial charge >= 0.3 is 7.82 Å². The van der Waals surface area contributed by atoms with Crippen LogP contribution in [0.2, 0.25) is 0 Å². The van der Waals surface area contributed by atoms with Crippen molar-refractivity contribution < 1.29 is 18.1 Å². The number of unbranched alkanes of at least 4 members (excludes halogenated alkanes) is 13. The van der Waals surface area contributed by atoms with Gasteiger partial charge in [-0.2, -0.15) is 0 Å².